The van der Waals surface area contributed by atoms with Gasteiger partial charge >= 0.3 is 5.97 Å². The average Bonchev–Trinajstić information content (AvgIpc) is 3.21. The van der Waals surface area contributed by atoms with Crippen molar-refractivity contribution in [2.75, 3.05) is 0 Å². The van der Waals surface area contributed by atoms with E-state index in [-0.39, 0.29) is 27.8 Å². The van der Waals surface area contributed by atoms with Crippen molar-refractivity contribution in [1.82, 2.24) is 9.80 Å². The number of phenols is 1. The number of carbonyl (C=O) groups excluding carboxylic acids is 4. The summed E-state index contributed by atoms with van der Waals surface area (Å²) in [4.78, 5) is 66.1. The Labute approximate surface area is 186 Å². The molecule has 0 fully saturated rings. The number of imide groups is 2. The van der Waals surface area contributed by atoms with Crippen LogP contribution in [0.15, 0.2) is 66.7 Å². The summed E-state index contributed by atoms with van der Waals surface area (Å²) in [5.41, 5.74) is -0.120. The summed E-state index contributed by atoms with van der Waals surface area (Å²) in [6, 6.07) is 15.5. The summed E-state index contributed by atoms with van der Waals surface area (Å²) in [5.74, 6) is -4.94. The number of aromatic carboxylic acids is 1. The van der Waals surface area contributed by atoms with Crippen molar-refractivity contribution in [3.8, 4) is 5.75 Å². The number of carboxylic acids is 1. The Morgan fingerprint density at radius 3 is 1.42 bits per heavy atom. The summed E-state index contributed by atoms with van der Waals surface area (Å²) >= 11 is 0. The van der Waals surface area contributed by atoms with Gasteiger partial charge in [0.25, 0.3) is 23.6 Å². The molecule has 2 aliphatic rings. The molecular weight excluding hydrogens is 428 g/mol. The largest absolute Gasteiger partial charge is 0.507 e. The van der Waals surface area contributed by atoms with Gasteiger partial charge in [-0.25, -0.2) is 14.6 Å². The van der Waals surface area contributed by atoms with E-state index >= 15 is 0 Å². The maximum absolute atomic E-state index is 13.2. The highest BCUT2D eigenvalue weighted by molar-refractivity contribution is 6.24. The molecule has 0 saturated carbocycles. The first kappa shape index (κ1) is 20.1. The molecule has 3 aromatic carbocycles. The Bertz CT molecular complexity index is 1270. The van der Waals surface area contributed by atoms with Crippen LogP contribution in [0.1, 0.15) is 63.5 Å². The monoisotopic (exact) mass is 442 g/mol. The summed E-state index contributed by atoms with van der Waals surface area (Å²) < 4.78 is 0. The Morgan fingerprint density at radius 2 is 1.06 bits per heavy atom. The highest BCUT2D eigenvalue weighted by Crippen LogP contribution is 2.39. The number of rotatable bonds is 4. The molecule has 3 aromatic rings. The standard InChI is InChI=1S/C24H14N2O7/c27-18-10-9-12(11-17(18)24(32)33)19(25-20(28)13-5-1-2-6-14(13)21(25)29)26-22(30)15-7-3-4-8-16(15)23(26)31/h1-11,19,27H,(H,32,33). The van der Waals surface area contributed by atoms with E-state index in [2.05, 4.69) is 0 Å². The van der Waals surface area contributed by atoms with Gasteiger partial charge in [0.2, 0.25) is 0 Å². The minimum absolute atomic E-state index is 0.00536. The van der Waals surface area contributed by atoms with Crippen molar-refractivity contribution < 1.29 is 34.2 Å². The van der Waals surface area contributed by atoms with Crippen molar-refractivity contribution in [2.45, 2.75) is 6.17 Å². The summed E-state index contributed by atoms with van der Waals surface area (Å²) in [7, 11) is 0. The third kappa shape index (κ3) is 2.83. The highest BCUT2D eigenvalue weighted by Gasteiger charge is 2.49. The molecule has 9 heteroatoms. The predicted octanol–water partition coefficient (Wildman–Crippen LogP) is 2.68. The van der Waals surface area contributed by atoms with Crippen LogP contribution in [0.3, 0.4) is 0 Å². The van der Waals surface area contributed by atoms with Gasteiger partial charge < -0.3 is 10.2 Å². The van der Waals surface area contributed by atoms with Crippen molar-refractivity contribution >= 4 is 29.6 Å². The van der Waals surface area contributed by atoms with Gasteiger partial charge in [0.15, 0.2) is 0 Å². The normalized spacial score (nSPS) is 14.8. The first-order chi connectivity index (χ1) is 15.8. The fourth-order valence-electron chi connectivity index (χ4n) is 4.16. The topological polar surface area (TPSA) is 132 Å². The third-order valence-electron chi connectivity index (χ3n) is 5.69. The molecule has 0 spiro atoms. The van der Waals surface area contributed by atoms with Crippen molar-refractivity contribution in [1.29, 1.82) is 0 Å². The lowest BCUT2D eigenvalue weighted by Gasteiger charge is -2.33. The lowest BCUT2D eigenvalue weighted by molar-refractivity contribution is 0.0284. The van der Waals surface area contributed by atoms with E-state index in [4.69, 9.17) is 0 Å². The first-order valence-corrected chi connectivity index (χ1v) is 9.81. The number of aromatic hydroxyl groups is 1. The number of amides is 4. The number of benzene rings is 3. The molecule has 0 bridgehead atoms. The predicted molar refractivity (Wildman–Crippen MR) is 112 cm³/mol. The summed E-state index contributed by atoms with van der Waals surface area (Å²) in [6.07, 6.45) is -1.57. The lowest BCUT2D eigenvalue weighted by atomic mass is 10.1. The fraction of sp³-hybridized carbons (Fsp3) is 0.0417. The third-order valence-corrected chi connectivity index (χ3v) is 5.69. The Balaban J connectivity index is 1.72. The van der Waals surface area contributed by atoms with E-state index in [9.17, 15) is 34.2 Å². The second kappa shape index (κ2) is 7.13. The first-order valence-electron chi connectivity index (χ1n) is 9.81. The minimum Gasteiger partial charge on any atom is -0.507 e. The van der Waals surface area contributed by atoms with Crippen LogP contribution in [-0.4, -0.2) is 49.6 Å². The Kier molecular flexibility index (Phi) is 4.35. The van der Waals surface area contributed by atoms with Crippen LogP contribution in [0.25, 0.3) is 0 Å². The minimum atomic E-state index is -1.57. The number of carbonyl (C=O) groups is 5. The maximum Gasteiger partial charge on any atom is 0.339 e. The molecule has 0 radical (unpaired) electrons. The molecular formula is C24H14N2O7. The summed E-state index contributed by atoms with van der Waals surface area (Å²) in [5, 5.41) is 19.4. The second-order valence-electron chi connectivity index (χ2n) is 7.51. The van der Waals surface area contributed by atoms with Gasteiger partial charge in [-0.05, 0) is 42.0 Å². The lowest BCUT2D eigenvalue weighted by Crippen LogP contribution is -2.47. The number of hydrogen-bond acceptors (Lipinski definition) is 6. The van der Waals surface area contributed by atoms with Gasteiger partial charge in [-0.1, -0.05) is 30.3 Å². The average molecular weight is 442 g/mol. The molecule has 2 N–H and O–H groups in total. The van der Waals surface area contributed by atoms with Crippen LogP contribution in [0.2, 0.25) is 0 Å². The van der Waals surface area contributed by atoms with Crippen molar-refractivity contribution in [2.24, 2.45) is 0 Å². The second-order valence-corrected chi connectivity index (χ2v) is 7.51. The van der Waals surface area contributed by atoms with E-state index in [1.807, 2.05) is 0 Å². The van der Waals surface area contributed by atoms with Gasteiger partial charge in [-0.2, -0.15) is 0 Å². The molecule has 0 saturated heterocycles. The molecule has 0 unspecified atom stereocenters. The van der Waals surface area contributed by atoms with E-state index in [0.29, 0.717) is 0 Å². The van der Waals surface area contributed by atoms with Crippen LogP contribution in [-0.2, 0) is 0 Å². The van der Waals surface area contributed by atoms with Crippen LogP contribution < -0.4 is 0 Å². The van der Waals surface area contributed by atoms with Crippen molar-refractivity contribution in [3.63, 3.8) is 0 Å². The molecule has 0 aromatic heterocycles. The van der Waals surface area contributed by atoms with E-state index in [0.717, 1.165) is 21.9 Å². The molecule has 2 aliphatic heterocycles. The smallest absolute Gasteiger partial charge is 0.339 e. The van der Waals surface area contributed by atoms with Gasteiger partial charge in [0, 0.05) is 0 Å². The zero-order chi connectivity index (χ0) is 23.4. The van der Waals surface area contributed by atoms with Crippen LogP contribution in [0.5, 0.6) is 5.75 Å². The van der Waals surface area contributed by atoms with Gasteiger partial charge in [0.1, 0.15) is 17.5 Å². The Hall–Kier alpha value is -4.79. The fourth-order valence-corrected chi connectivity index (χ4v) is 4.16. The van der Waals surface area contributed by atoms with E-state index in [1.165, 1.54) is 30.3 Å². The molecule has 0 atom stereocenters. The molecule has 5 rings (SSSR count). The van der Waals surface area contributed by atoms with Crippen molar-refractivity contribution in [3.05, 3.63) is 100 Å². The van der Waals surface area contributed by atoms with E-state index < -0.39 is 47.1 Å². The number of nitrogens with zero attached hydrogens (tertiary/aromatic N) is 2. The van der Waals surface area contributed by atoms with Gasteiger partial charge in [-0.15, -0.1) is 0 Å². The quantitative estimate of drug-likeness (QED) is 0.594. The number of fused-ring (bicyclic) bond motifs is 2. The van der Waals surface area contributed by atoms with Crippen LogP contribution >= 0.6 is 0 Å². The highest BCUT2D eigenvalue weighted by atomic mass is 16.4. The van der Waals surface area contributed by atoms with Crippen LogP contribution in [0, 0.1) is 0 Å². The van der Waals surface area contributed by atoms with Gasteiger partial charge in [-0.3, -0.25) is 19.2 Å². The Morgan fingerprint density at radius 1 is 0.667 bits per heavy atom. The SMILES string of the molecule is O=C(O)c1cc(C(N2C(=O)c3ccccc3C2=O)N2C(=O)c3ccccc3C2=O)ccc1O. The zero-order valence-corrected chi connectivity index (χ0v) is 16.8. The zero-order valence-electron chi connectivity index (χ0n) is 16.8. The molecule has 2 heterocycles. The van der Waals surface area contributed by atoms with Crippen LogP contribution in [0.4, 0.5) is 0 Å². The van der Waals surface area contributed by atoms with E-state index in [1.54, 1.807) is 24.3 Å². The molecule has 162 valence electrons. The number of carboxylic acid groups (broad SMARTS) is 1. The molecule has 33 heavy (non-hydrogen) atoms. The molecule has 4 amide bonds. The molecule has 9 nitrogen and oxygen atoms in total. The number of hydrogen-bond donors (Lipinski definition) is 2. The summed E-state index contributed by atoms with van der Waals surface area (Å²) in [6.45, 7) is 0. The van der Waals surface area contributed by atoms with Gasteiger partial charge in [0.05, 0.1) is 22.3 Å². The molecule has 0 aliphatic carbocycles. The maximum atomic E-state index is 13.2.